The standard InChI is InChI=1S/C9H7Br.C7H8S/c1-2-3-8-4-6-9(10)7-5-8;1-6-2-4-7(8)5-3-6/h4-7H,1H3;2-5,8H,1H3. The number of benzene rings is 2. The molecule has 2 heteroatoms. The molecule has 0 aromatic heterocycles. The van der Waals surface area contributed by atoms with Crippen LogP contribution in [0.2, 0.25) is 0 Å². The molecule has 0 bridgehead atoms. The van der Waals surface area contributed by atoms with Crippen LogP contribution in [-0.4, -0.2) is 0 Å². The Morgan fingerprint density at radius 3 is 1.94 bits per heavy atom. The highest BCUT2D eigenvalue weighted by Gasteiger charge is 1.84. The summed E-state index contributed by atoms with van der Waals surface area (Å²) in [5.74, 6) is 5.80. The fourth-order valence-electron chi connectivity index (χ4n) is 1.22. The van der Waals surface area contributed by atoms with Crippen LogP contribution in [0.1, 0.15) is 18.1 Å². The van der Waals surface area contributed by atoms with Crippen molar-refractivity contribution in [3.8, 4) is 11.8 Å². The molecular formula is C16H15BrS. The van der Waals surface area contributed by atoms with Crippen LogP contribution in [0.15, 0.2) is 57.9 Å². The van der Waals surface area contributed by atoms with Gasteiger partial charge in [-0.3, -0.25) is 0 Å². The molecule has 0 aliphatic heterocycles. The van der Waals surface area contributed by atoms with Gasteiger partial charge in [0.2, 0.25) is 0 Å². The molecule has 0 aliphatic rings. The highest BCUT2D eigenvalue weighted by molar-refractivity contribution is 9.10. The van der Waals surface area contributed by atoms with Crippen molar-refractivity contribution < 1.29 is 0 Å². The maximum absolute atomic E-state index is 4.13. The van der Waals surface area contributed by atoms with Gasteiger partial charge in [-0.05, 0) is 50.2 Å². The maximum Gasteiger partial charge on any atom is 0.0245 e. The summed E-state index contributed by atoms with van der Waals surface area (Å²) in [5.41, 5.74) is 2.34. The van der Waals surface area contributed by atoms with E-state index in [4.69, 9.17) is 0 Å². The second kappa shape index (κ2) is 8.02. The number of halogens is 1. The lowest BCUT2D eigenvalue weighted by molar-refractivity contribution is 1.39. The first kappa shape index (κ1) is 14.9. The summed E-state index contributed by atoms with van der Waals surface area (Å²) in [7, 11) is 0. The molecule has 0 radical (unpaired) electrons. The van der Waals surface area contributed by atoms with Gasteiger partial charge in [-0.2, -0.15) is 0 Å². The van der Waals surface area contributed by atoms with Crippen molar-refractivity contribution in [2.45, 2.75) is 18.7 Å². The van der Waals surface area contributed by atoms with Crippen molar-refractivity contribution in [1.82, 2.24) is 0 Å². The summed E-state index contributed by atoms with van der Waals surface area (Å²) in [6.07, 6.45) is 0. The van der Waals surface area contributed by atoms with E-state index in [1.807, 2.05) is 55.5 Å². The highest BCUT2D eigenvalue weighted by Crippen LogP contribution is 2.09. The van der Waals surface area contributed by atoms with Crippen molar-refractivity contribution in [2.24, 2.45) is 0 Å². The topological polar surface area (TPSA) is 0 Å². The Labute approximate surface area is 123 Å². The average molecular weight is 319 g/mol. The second-order valence-electron chi connectivity index (χ2n) is 3.72. The van der Waals surface area contributed by atoms with Gasteiger partial charge in [0, 0.05) is 14.9 Å². The molecule has 0 N–H and O–H groups in total. The predicted molar refractivity (Wildman–Crippen MR) is 85.1 cm³/mol. The molecule has 2 aromatic carbocycles. The van der Waals surface area contributed by atoms with Gasteiger partial charge in [-0.15, -0.1) is 18.5 Å². The van der Waals surface area contributed by atoms with E-state index >= 15 is 0 Å². The Morgan fingerprint density at radius 2 is 1.50 bits per heavy atom. The predicted octanol–water partition coefficient (Wildman–Crippen LogP) is 5.10. The molecule has 92 valence electrons. The van der Waals surface area contributed by atoms with E-state index < -0.39 is 0 Å². The number of aryl methyl sites for hydroxylation is 1. The summed E-state index contributed by atoms with van der Waals surface area (Å²) in [6.45, 7) is 3.90. The van der Waals surface area contributed by atoms with Crippen molar-refractivity contribution in [3.63, 3.8) is 0 Å². The molecule has 0 aliphatic carbocycles. The first-order valence-corrected chi connectivity index (χ1v) is 6.80. The van der Waals surface area contributed by atoms with E-state index in [9.17, 15) is 0 Å². The molecular weight excluding hydrogens is 304 g/mol. The van der Waals surface area contributed by atoms with E-state index in [0.717, 1.165) is 14.9 Å². The molecule has 0 saturated heterocycles. The van der Waals surface area contributed by atoms with Crippen LogP contribution >= 0.6 is 28.6 Å². The Balaban J connectivity index is 0.000000184. The minimum Gasteiger partial charge on any atom is -0.143 e. The van der Waals surface area contributed by atoms with Crippen molar-refractivity contribution in [1.29, 1.82) is 0 Å². The molecule has 18 heavy (non-hydrogen) atoms. The Kier molecular flexibility index (Phi) is 6.64. The molecule has 0 fully saturated rings. The van der Waals surface area contributed by atoms with Gasteiger partial charge in [0.15, 0.2) is 0 Å². The summed E-state index contributed by atoms with van der Waals surface area (Å²) >= 11 is 7.48. The van der Waals surface area contributed by atoms with Gasteiger partial charge < -0.3 is 0 Å². The van der Waals surface area contributed by atoms with E-state index in [1.165, 1.54) is 5.56 Å². The fourth-order valence-corrected chi connectivity index (χ4v) is 1.64. The zero-order valence-corrected chi connectivity index (χ0v) is 12.9. The highest BCUT2D eigenvalue weighted by atomic mass is 79.9. The monoisotopic (exact) mass is 318 g/mol. The van der Waals surface area contributed by atoms with Gasteiger partial charge in [0.05, 0.1) is 0 Å². The molecule has 2 aromatic rings. The van der Waals surface area contributed by atoms with Crippen LogP contribution in [-0.2, 0) is 0 Å². The number of hydrogen-bond donors (Lipinski definition) is 1. The molecule has 0 nitrogen and oxygen atoms in total. The second-order valence-corrected chi connectivity index (χ2v) is 5.15. The summed E-state index contributed by atoms with van der Waals surface area (Å²) in [6, 6.07) is 16.0. The van der Waals surface area contributed by atoms with Crippen molar-refractivity contribution in [2.75, 3.05) is 0 Å². The van der Waals surface area contributed by atoms with E-state index in [2.05, 4.69) is 47.3 Å². The quantitative estimate of drug-likeness (QED) is 0.506. The number of thiol groups is 1. The zero-order valence-electron chi connectivity index (χ0n) is 10.4. The third kappa shape index (κ3) is 5.95. The molecule has 0 unspecified atom stereocenters. The Morgan fingerprint density at radius 1 is 0.944 bits per heavy atom. The van der Waals surface area contributed by atoms with Crippen LogP contribution in [0, 0.1) is 18.8 Å². The maximum atomic E-state index is 4.13. The lowest BCUT2D eigenvalue weighted by atomic mass is 10.2. The van der Waals surface area contributed by atoms with Gasteiger partial charge in [-0.25, -0.2) is 0 Å². The summed E-state index contributed by atoms with van der Waals surface area (Å²) in [5, 5.41) is 0. The minimum atomic E-state index is 1.02. The Bertz CT molecular complexity index is 509. The first-order chi connectivity index (χ1) is 8.61. The zero-order chi connectivity index (χ0) is 13.4. The fraction of sp³-hybridized carbons (Fsp3) is 0.125. The van der Waals surface area contributed by atoms with Crippen molar-refractivity contribution in [3.05, 3.63) is 64.1 Å². The van der Waals surface area contributed by atoms with Gasteiger partial charge >= 0.3 is 0 Å². The molecule has 0 atom stereocenters. The first-order valence-electron chi connectivity index (χ1n) is 5.56. The molecule has 0 amide bonds. The Hall–Kier alpha value is -1.17. The van der Waals surface area contributed by atoms with E-state index in [0.29, 0.717) is 0 Å². The molecule has 0 saturated carbocycles. The lowest BCUT2D eigenvalue weighted by Gasteiger charge is -1.89. The normalized spacial score (nSPS) is 8.67. The number of rotatable bonds is 0. The van der Waals surface area contributed by atoms with Gasteiger partial charge in [0.1, 0.15) is 0 Å². The van der Waals surface area contributed by atoms with Crippen LogP contribution < -0.4 is 0 Å². The smallest absolute Gasteiger partial charge is 0.0245 e. The lowest BCUT2D eigenvalue weighted by Crippen LogP contribution is -1.70. The van der Waals surface area contributed by atoms with Crippen LogP contribution in [0.25, 0.3) is 0 Å². The van der Waals surface area contributed by atoms with Crippen LogP contribution in [0.4, 0.5) is 0 Å². The summed E-state index contributed by atoms with van der Waals surface area (Å²) < 4.78 is 1.09. The largest absolute Gasteiger partial charge is 0.143 e. The minimum absolute atomic E-state index is 1.02. The van der Waals surface area contributed by atoms with Crippen molar-refractivity contribution >= 4 is 28.6 Å². The molecule has 0 heterocycles. The third-order valence-corrected chi connectivity index (χ3v) is 2.97. The molecule has 0 spiro atoms. The van der Waals surface area contributed by atoms with Gasteiger partial charge in [-0.1, -0.05) is 39.5 Å². The number of hydrogen-bond acceptors (Lipinski definition) is 1. The third-order valence-electron chi connectivity index (χ3n) is 2.15. The molecule has 2 rings (SSSR count). The van der Waals surface area contributed by atoms with Crippen LogP contribution in [0.3, 0.4) is 0 Å². The summed E-state index contributed by atoms with van der Waals surface area (Å²) in [4.78, 5) is 1.02. The van der Waals surface area contributed by atoms with E-state index in [1.54, 1.807) is 0 Å². The van der Waals surface area contributed by atoms with Gasteiger partial charge in [0.25, 0.3) is 0 Å². The van der Waals surface area contributed by atoms with E-state index in [-0.39, 0.29) is 0 Å². The van der Waals surface area contributed by atoms with Crippen LogP contribution in [0.5, 0.6) is 0 Å². The average Bonchev–Trinajstić information content (AvgIpc) is 2.37. The SMILES string of the molecule is CC#Cc1ccc(Br)cc1.Cc1ccc(S)cc1.